The lowest BCUT2D eigenvalue weighted by Gasteiger charge is -2.10. The van der Waals surface area contributed by atoms with Gasteiger partial charge in [0.05, 0.1) is 5.52 Å². The molecule has 0 N–H and O–H groups in total. The number of para-hydroxylation sites is 1. The number of rotatable bonds is 0. The van der Waals surface area contributed by atoms with E-state index < -0.39 is 0 Å². The summed E-state index contributed by atoms with van der Waals surface area (Å²) < 4.78 is 3.19. The van der Waals surface area contributed by atoms with Crippen LogP contribution in [0.15, 0.2) is 58.3 Å². The van der Waals surface area contributed by atoms with Crippen molar-refractivity contribution in [3.63, 3.8) is 0 Å². The van der Waals surface area contributed by atoms with Crippen LogP contribution in [0.1, 0.15) is 0 Å². The molecule has 21 heavy (non-hydrogen) atoms. The Morgan fingerprint density at radius 3 is 2.62 bits per heavy atom. The van der Waals surface area contributed by atoms with Crippen molar-refractivity contribution in [2.45, 2.75) is 0 Å². The molecule has 0 saturated heterocycles. The highest BCUT2D eigenvalue weighted by Crippen LogP contribution is 2.14. The molecule has 1 aromatic carbocycles. The zero-order valence-corrected chi connectivity index (χ0v) is 11.3. The van der Waals surface area contributed by atoms with Crippen LogP contribution in [-0.4, -0.2) is 14.0 Å². The fourth-order valence-electron chi connectivity index (χ4n) is 2.73. The number of fused-ring (bicyclic) bond motifs is 3. The number of nitrogens with zero attached hydrogens (tertiary/aromatic N) is 3. The van der Waals surface area contributed by atoms with Crippen LogP contribution in [0.2, 0.25) is 0 Å². The second-order valence-electron chi connectivity index (χ2n) is 4.95. The van der Waals surface area contributed by atoms with Gasteiger partial charge < -0.3 is 4.57 Å². The smallest absolute Gasteiger partial charge is 0.271 e. The van der Waals surface area contributed by atoms with E-state index in [1.807, 2.05) is 25.2 Å². The first kappa shape index (κ1) is 11.8. The van der Waals surface area contributed by atoms with Gasteiger partial charge in [-0.1, -0.05) is 18.2 Å². The molecule has 3 heterocycles. The number of hydrogen-bond acceptors (Lipinski definition) is 3. The lowest BCUT2D eigenvalue weighted by molar-refractivity contribution is 0.960. The van der Waals surface area contributed by atoms with Crippen molar-refractivity contribution in [3.8, 4) is 0 Å². The van der Waals surface area contributed by atoms with E-state index in [-0.39, 0.29) is 16.4 Å². The van der Waals surface area contributed by atoms with E-state index in [0.717, 1.165) is 5.52 Å². The maximum absolute atomic E-state index is 12.6. The molecule has 0 unspecified atom stereocenters. The van der Waals surface area contributed by atoms with Crippen LogP contribution < -0.4 is 11.0 Å². The van der Waals surface area contributed by atoms with Crippen molar-refractivity contribution >= 4 is 27.6 Å². The van der Waals surface area contributed by atoms with Crippen LogP contribution in [0.25, 0.3) is 27.6 Å². The number of aryl methyl sites for hydroxylation is 1. The summed E-state index contributed by atoms with van der Waals surface area (Å²) in [5.41, 5.74) is 1.11. The van der Waals surface area contributed by atoms with Crippen LogP contribution in [0, 0.1) is 0 Å². The summed E-state index contributed by atoms with van der Waals surface area (Å²) in [6, 6.07) is 12.5. The summed E-state index contributed by atoms with van der Waals surface area (Å²) in [5, 5.41) is 0.655. The minimum atomic E-state index is -0.332. The molecule has 5 heteroatoms. The molecule has 4 rings (SSSR count). The highest BCUT2D eigenvalue weighted by atomic mass is 16.1. The zero-order chi connectivity index (χ0) is 14.6. The molecule has 0 aliphatic heterocycles. The number of aromatic nitrogens is 3. The monoisotopic (exact) mass is 277 g/mol. The van der Waals surface area contributed by atoms with E-state index in [2.05, 4.69) is 4.98 Å². The summed E-state index contributed by atoms with van der Waals surface area (Å²) in [6.07, 6.45) is 1.62. The molecular weight excluding hydrogens is 266 g/mol. The topological polar surface area (TPSA) is 56.4 Å². The molecule has 3 aromatic heterocycles. The maximum atomic E-state index is 12.6. The Morgan fingerprint density at radius 1 is 1.00 bits per heavy atom. The Morgan fingerprint density at radius 2 is 1.76 bits per heavy atom. The second kappa shape index (κ2) is 4.02. The average molecular weight is 277 g/mol. The van der Waals surface area contributed by atoms with Crippen molar-refractivity contribution in [1.82, 2.24) is 14.0 Å². The normalized spacial score (nSPS) is 11.5. The Balaban J connectivity index is 2.44. The van der Waals surface area contributed by atoms with Crippen LogP contribution in [0.3, 0.4) is 0 Å². The molecule has 4 aromatic rings. The molecule has 0 amide bonds. The van der Waals surface area contributed by atoms with Gasteiger partial charge in [-0.2, -0.15) is 0 Å². The van der Waals surface area contributed by atoms with E-state index in [0.29, 0.717) is 16.7 Å². The Labute approximate surface area is 118 Å². The van der Waals surface area contributed by atoms with Gasteiger partial charge in [-0.05, 0) is 24.3 Å². The molecule has 0 aliphatic rings. The lowest BCUT2D eigenvalue weighted by Crippen LogP contribution is -2.24. The zero-order valence-electron chi connectivity index (χ0n) is 11.3. The molecule has 0 aliphatic carbocycles. The van der Waals surface area contributed by atoms with Gasteiger partial charge in [0.1, 0.15) is 11.0 Å². The predicted molar refractivity (Wildman–Crippen MR) is 81.7 cm³/mol. The van der Waals surface area contributed by atoms with Gasteiger partial charge in [0.25, 0.3) is 5.56 Å². The summed E-state index contributed by atoms with van der Waals surface area (Å²) in [5.74, 6) is 0. The highest BCUT2D eigenvalue weighted by molar-refractivity contribution is 5.91. The van der Waals surface area contributed by atoms with E-state index in [4.69, 9.17) is 0 Å². The molecule has 0 atom stereocenters. The molecule has 5 nitrogen and oxygen atoms in total. The van der Waals surface area contributed by atoms with Crippen LogP contribution in [0.5, 0.6) is 0 Å². The maximum Gasteiger partial charge on any atom is 0.271 e. The first-order valence-electron chi connectivity index (χ1n) is 6.57. The van der Waals surface area contributed by atoms with Gasteiger partial charge in [-0.15, -0.1) is 0 Å². The van der Waals surface area contributed by atoms with Gasteiger partial charge in [0.15, 0.2) is 5.65 Å². The first-order chi connectivity index (χ1) is 10.2. The van der Waals surface area contributed by atoms with Gasteiger partial charge in [-0.3, -0.25) is 14.0 Å². The Bertz CT molecular complexity index is 1130. The van der Waals surface area contributed by atoms with Crippen LogP contribution in [-0.2, 0) is 7.05 Å². The van der Waals surface area contributed by atoms with Crippen molar-refractivity contribution in [3.05, 3.63) is 69.2 Å². The van der Waals surface area contributed by atoms with Crippen molar-refractivity contribution in [1.29, 1.82) is 0 Å². The third-order valence-electron chi connectivity index (χ3n) is 3.77. The summed E-state index contributed by atoms with van der Waals surface area (Å²) in [7, 11) is 1.82. The summed E-state index contributed by atoms with van der Waals surface area (Å²) >= 11 is 0. The van der Waals surface area contributed by atoms with Crippen molar-refractivity contribution in [2.75, 3.05) is 0 Å². The standard InChI is InChI=1S/C16H11N3O2/c1-18-11-7-3-2-6-10(11)14(20)13-15(18)17-12-8-4-5-9-19(12)16(13)21/h2-9H,1H3. The average Bonchev–Trinajstić information content (AvgIpc) is 2.52. The molecule has 0 bridgehead atoms. The van der Waals surface area contributed by atoms with Gasteiger partial charge in [0.2, 0.25) is 5.43 Å². The van der Waals surface area contributed by atoms with Gasteiger partial charge in [0, 0.05) is 18.6 Å². The van der Waals surface area contributed by atoms with E-state index >= 15 is 0 Å². The van der Waals surface area contributed by atoms with E-state index in [9.17, 15) is 9.59 Å². The van der Waals surface area contributed by atoms with E-state index in [1.54, 1.807) is 35.0 Å². The fraction of sp³-hybridized carbons (Fsp3) is 0.0625. The fourth-order valence-corrected chi connectivity index (χ4v) is 2.73. The van der Waals surface area contributed by atoms with Crippen molar-refractivity contribution in [2.24, 2.45) is 7.05 Å². The number of pyridine rings is 2. The van der Waals surface area contributed by atoms with Crippen LogP contribution >= 0.6 is 0 Å². The van der Waals surface area contributed by atoms with E-state index in [1.165, 1.54) is 4.40 Å². The predicted octanol–water partition coefficient (Wildman–Crippen LogP) is 1.70. The minimum Gasteiger partial charge on any atom is -0.328 e. The highest BCUT2D eigenvalue weighted by Gasteiger charge is 2.14. The third kappa shape index (κ3) is 1.48. The Hall–Kier alpha value is -2.95. The number of hydrogen-bond donors (Lipinski definition) is 0. The summed E-state index contributed by atoms with van der Waals surface area (Å²) in [6.45, 7) is 0. The minimum absolute atomic E-state index is 0.125. The third-order valence-corrected chi connectivity index (χ3v) is 3.77. The van der Waals surface area contributed by atoms with Crippen molar-refractivity contribution < 1.29 is 0 Å². The SMILES string of the molecule is Cn1c2ccccc2c(=O)c2c(=O)n3ccccc3nc21. The second-order valence-corrected chi connectivity index (χ2v) is 4.95. The Kier molecular flexibility index (Phi) is 2.27. The molecule has 0 spiro atoms. The first-order valence-corrected chi connectivity index (χ1v) is 6.57. The molecule has 0 saturated carbocycles. The molecular formula is C16H11N3O2. The van der Waals surface area contributed by atoms with Gasteiger partial charge in [-0.25, -0.2) is 4.98 Å². The van der Waals surface area contributed by atoms with Crippen LogP contribution in [0.4, 0.5) is 0 Å². The molecule has 102 valence electrons. The summed E-state index contributed by atoms with van der Waals surface area (Å²) in [4.78, 5) is 29.7. The largest absolute Gasteiger partial charge is 0.328 e. The molecule has 0 radical (unpaired) electrons. The quantitative estimate of drug-likeness (QED) is 0.460. The lowest BCUT2D eigenvalue weighted by atomic mass is 10.1. The number of benzene rings is 1. The van der Waals surface area contributed by atoms with Gasteiger partial charge >= 0.3 is 0 Å². The molecule has 0 fully saturated rings.